The van der Waals surface area contributed by atoms with Crippen LogP contribution < -0.4 is 5.32 Å². The summed E-state index contributed by atoms with van der Waals surface area (Å²) >= 11 is 0. The number of carbonyl (C=O) groups excluding carboxylic acids is 1. The summed E-state index contributed by atoms with van der Waals surface area (Å²) in [7, 11) is 0. The van der Waals surface area contributed by atoms with Gasteiger partial charge in [-0.15, -0.1) is 0 Å². The van der Waals surface area contributed by atoms with Crippen molar-refractivity contribution in [2.75, 3.05) is 19.6 Å². The molecule has 116 valence electrons. The Kier molecular flexibility index (Phi) is 5.11. The number of hydrogen-bond acceptors (Lipinski definition) is 2. The van der Waals surface area contributed by atoms with E-state index in [1.54, 1.807) is 0 Å². The van der Waals surface area contributed by atoms with Crippen molar-refractivity contribution in [2.24, 2.45) is 17.3 Å². The summed E-state index contributed by atoms with van der Waals surface area (Å²) in [4.78, 5) is 15.5. The molecule has 2 aliphatic heterocycles. The van der Waals surface area contributed by atoms with Gasteiger partial charge in [0, 0.05) is 12.6 Å². The first-order valence-corrected chi connectivity index (χ1v) is 8.52. The zero-order valence-electron chi connectivity index (χ0n) is 13.7. The summed E-state index contributed by atoms with van der Waals surface area (Å²) in [6.07, 6.45) is 5.46. The highest BCUT2D eigenvalue weighted by Crippen LogP contribution is 2.39. The molecule has 2 aliphatic rings. The first-order valence-electron chi connectivity index (χ1n) is 8.52. The maximum atomic E-state index is 13.3. The van der Waals surface area contributed by atoms with Crippen molar-refractivity contribution < 1.29 is 4.79 Å². The smallest absolute Gasteiger partial charge is 0.229 e. The number of amides is 1. The minimum absolute atomic E-state index is 0.0783. The normalized spacial score (nSPS) is 34.0. The number of nitrogens with zero attached hydrogens (tertiary/aromatic N) is 1. The van der Waals surface area contributed by atoms with Crippen LogP contribution in [0.4, 0.5) is 0 Å². The van der Waals surface area contributed by atoms with E-state index in [0.717, 1.165) is 45.3 Å². The van der Waals surface area contributed by atoms with Crippen molar-refractivity contribution in [1.82, 2.24) is 10.2 Å². The third-order valence-electron chi connectivity index (χ3n) is 5.60. The van der Waals surface area contributed by atoms with Crippen LogP contribution >= 0.6 is 0 Å². The van der Waals surface area contributed by atoms with Gasteiger partial charge in [-0.05, 0) is 57.5 Å². The Morgan fingerprint density at radius 1 is 1.25 bits per heavy atom. The van der Waals surface area contributed by atoms with Gasteiger partial charge in [-0.25, -0.2) is 0 Å². The number of carbonyl (C=O) groups is 1. The van der Waals surface area contributed by atoms with Gasteiger partial charge in [0.1, 0.15) is 0 Å². The topological polar surface area (TPSA) is 32.3 Å². The highest BCUT2D eigenvalue weighted by molar-refractivity contribution is 5.83. The molecule has 3 heteroatoms. The van der Waals surface area contributed by atoms with Crippen LogP contribution in [0.2, 0.25) is 0 Å². The average Bonchev–Trinajstić information content (AvgIpc) is 2.43. The van der Waals surface area contributed by atoms with Crippen LogP contribution in [0, 0.1) is 17.3 Å². The Morgan fingerprint density at radius 3 is 2.50 bits per heavy atom. The van der Waals surface area contributed by atoms with Crippen molar-refractivity contribution in [3.05, 3.63) is 0 Å². The highest BCUT2D eigenvalue weighted by Gasteiger charge is 2.44. The predicted molar refractivity (Wildman–Crippen MR) is 83.6 cm³/mol. The number of piperidine rings is 2. The number of rotatable bonds is 3. The van der Waals surface area contributed by atoms with E-state index in [4.69, 9.17) is 0 Å². The molecule has 0 aliphatic carbocycles. The lowest BCUT2D eigenvalue weighted by Crippen LogP contribution is -2.56. The molecule has 0 spiro atoms. The van der Waals surface area contributed by atoms with Crippen molar-refractivity contribution in [1.29, 1.82) is 0 Å². The van der Waals surface area contributed by atoms with Crippen LogP contribution in [0.1, 0.15) is 59.8 Å². The summed E-state index contributed by atoms with van der Waals surface area (Å²) in [6.45, 7) is 12.0. The van der Waals surface area contributed by atoms with E-state index in [9.17, 15) is 4.79 Å². The lowest BCUT2D eigenvalue weighted by atomic mass is 9.73. The molecule has 3 unspecified atom stereocenters. The largest absolute Gasteiger partial charge is 0.339 e. The Bertz CT molecular complexity index is 330. The van der Waals surface area contributed by atoms with E-state index >= 15 is 0 Å². The molecule has 0 aromatic rings. The Morgan fingerprint density at radius 2 is 1.90 bits per heavy atom. The molecule has 20 heavy (non-hydrogen) atoms. The van der Waals surface area contributed by atoms with Gasteiger partial charge in [0.25, 0.3) is 0 Å². The number of likely N-dealkylation sites (tertiary alicyclic amines) is 1. The molecule has 0 aromatic heterocycles. The van der Waals surface area contributed by atoms with E-state index in [0.29, 0.717) is 23.8 Å². The third kappa shape index (κ3) is 3.03. The molecule has 0 bridgehead atoms. The van der Waals surface area contributed by atoms with Crippen molar-refractivity contribution in [3.63, 3.8) is 0 Å². The van der Waals surface area contributed by atoms with E-state index in [2.05, 4.69) is 37.9 Å². The molecule has 3 nitrogen and oxygen atoms in total. The minimum atomic E-state index is -0.0783. The zero-order valence-corrected chi connectivity index (χ0v) is 13.7. The van der Waals surface area contributed by atoms with Crippen LogP contribution in [0.3, 0.4) is 0 Å². The fourth-order valence-corrected chi connectivity index (χ4v) is 4.24. The summed E-state index contributed by atoms with van der Waals surface area (Å²) in [5.74, 6) is 1.72. The van der Waals surface area contributed by atoms with Crippen molar-refractivity contribution in [2.45, 2.75) is 65.8 Å². The lowest BCUT2D eigenvalue weighted by Gasteiger charge is -2.47. The Hall–Kier alpha value is -0.570. The van der Waals surface area contributed by atoms with Gasteiger partial charge in [-0.1, -0.05) is 27.2 Å². The van der Waals surface area contributed by atoms with Crippen LogP contribution in [-0.4, -0.2) is 36.5 Å². The van der Waals surface area contributed by atoms with E-state index in [-0.39, 0.29) is 5.41 Å². The van der Waals surface area contributed by atoms with Crippen LogP contribution in [-0.2, 0) is 4.79 Å². The highest BCUT2D eigenvalue weighted by atomic mass is 16.2. The van der Waals surface area contributed by atoms with Crippen molar-refractivity contribution >= 4 is 5.91 Å². The monoisotopic (exact) mass is 280 g/mol. The van der Waals surface area contributed by atoms with Gasteiger partial charge >= 0.3 is 0 Å². The molecule has 0 saturated carbocycles. The van der Waals surface area contributed by atoms with Gasteiger partial charge in [0.05, 0.1) is 5.41 Å². The number of hydrogen-bond donors (Lipinski definition) is 1. The van der Waals surface area contributed by atoms with Gasteiger partial charge < -0.3 is 10.2 Å². The zero-order chi connectivity index (χ0) is 14.8. The molecule has 2 rings (SSSR count). The molecule has 1 amide bonds. The first-order chi connectivity index (χ1) is 9.50. The molecule has 3 atom stereocenters. The van der Waals surface area contributed by atoms with Crippen LogP contribution in [0.5, 0.6) is 0 Å². The fourth-order valence-electron chi connectivity index (χ4n) is 4.24. The van der Waals surface area contributed by atoms with E-state index in [1.165, 1.54) is 6.42 Å². The maximum absolute atomic E-state index is 13.3. The van der Waals surface area contributed by atoms with Gasteiger partial charge in [0.2, 0.25) is 5.91 Å². The first kappa shape index (κ1) is 15.8. The molecule has 0 radical (unpaired) electrons. The second-order valence-electron chi connectivity index (χ2n) is 7.30. The summed E-state index contributed by atoms with van der Waals surface area (Å²) < 4.78 is 0. The molecule has 2 heterocycles. The summed E-state index contributed by atoms with van der Waals surface area (Å²) in [5.41, 5.74) is -0.0783. The summed E-state index contributed by atoms with van der Waals surface area (Å²) in [6, 6.07) is 0.405. The average molecular weight is 280 g/mol. The lowest BCUT2D eigenvalue weighted by molar-refractivity contribution is -0.150. The van der Waals surface area contributed by atoms with Crippen LogP contribution in [0.25, 0.3) is 0 Å². The van der Waals surface area contributed by atoms with Gasteiger partial charge in [0.15, 0.2) is 0 Å². The van der Waals surface area contributed by atoms with Crippen molar-refractivity contribution in [3.8, 4) is 0 Å². The second-order valence-corrected chi connectivity index (χ2v) is 7.30. The summed E-state index contributed by atoms with van der Waals surface area (Å²) in [5, 5.41) is 3.41. The molecule has 2 saturated heterocycles. The Labute approximate surface area is 124 Å². The Balaban J connectivity index is 2.17. The minimum Gasteiger partial charge on any atom is -0.339 e. The van der Waals surface area contributed by atoms with E-state index in [1.807, 2.05) is 0 Å². The van der Waals surface area contributed by atoms with Gasteiger partial charge in [-0.2, -0.15) is 0 Å². The second kappa shape index (κ2) is 6.46. The third-order valence-corrected chi connectivity index (χ3v) is 5.60. The van der Waals surface area contributed by atoms with Crippen LogP contribution in [0.15, 0.2) is 0 Å². The molecule has 2 fully saturated rings. The fraction of sp³-hybridized carbons (Fsp3) is 0.941. The SMILES string of the molecule is CCCC1(C(=O)N2CC(C)CC(C)C2C)CCNCC1. The van der Waals surface area contributed by atoms with Gasteiger partial charge in [-0.3, -0.25) is 4.79 Å². The molecular formula is C17H32N2O. The predicted octanol–water partition coefficient (Wildman–Crippen LogP) is 3.05. The molecule has 1 N–H and O–H groups in total. The molecular weight excluding hydrogens is 248 g/mol. The quantitative estimate of drug-likeness (QED) is 0.862. The maximum Gasteiger partial charge on any atom is 0.229 e. The molecule has 0 aromatic carbocycles. The van der Waals surface area contributed by atoms with E-state index < -0.39 is 0 Å². The standard InChI is InChI=1S/C17H32N2O/c1-5-6-17(7-9-18-10-8-17)16(20)19-12-13(2)11-14(3)15(19)4/h13-15,18H,5-12H2,1-4H3. The number of nitrogens with one attached hydrogen (secondary N) is 1.